The van der Waals surface area contributed by atoms with E-state index in [2.05, 4.69) is 0 Å². The van der Waals surface area contributed by atoms with E-state index in [9.17, 15) is 18.3 Å². The molecule has 1 N–H and O–H groups in total. The van der Waals surface area contributed by atoms with Gasteiger partial charge >= 0.3 is 0 Å². The first-order valence-electron chi connectivity index (χ1n) is 6.69. The summed E-state index contributed by atoms with van der Waals surface area (Å²) in [4.78, 5) is 12.1. The molecule has 8 heteroatoms. The fourth-order valence-corrected chi connectivity index (χ4v) is 4.75. The fraction of sp³-hybridized carbons (Fsp3) is 0.357. The fourth-order valence-electron chi connectivity index (χ4n) is 2.86. The number of hydrogen-bond acceptors (Lipinski definition) is 5. The summed E-state index contributed by atoms with van der Waals surface area (Å²) in [6.07, 6.45) is 0.679. The molecule has 6 nitrogen and oxygen atoms in total. The number of carbonyl (C=O) groups excluding carboxylic acids is 1. The molecule has 2 fully saturated rings. The van der Waals surface area contributed by atoms with Crippen LogP contribution >= 0.6 is 11.6 Å². The van der Waals surface area contributed by atoms with Gasteiger partial charge in [0.1, 0.15) is 0 Å². The molecule has 2 atom stereocenters. The van der Waals surface area contributed by atoms with Gasteiger partial charge in [-0.3, -0.25) is 4.79 Å². The summed E-state index contributed by atoms with van der Waals surface area (Å²) in [5.41, 5.74) is 0.0634. The second kappa shape index (κ2) is 5.66. The van der Waals surface area contributed by atoms with E-state index in [1.807, 2.05) is 0 Å². The van der Waals surface area contributed by atoms with E-state index in [1.54, 1.807) is 0 Å². The Hall–Kier alpha value is -1.41. The minimum atomic E-state index is -3.81. The van der Waals surface area contributed by atoms with Crippen LogP contribution < -0.4 is 0 Å². The highest BCUT2D eigenvalue weighted by molar-refractivity contribution is 7.89. The van der Waals surface area contributed by atoms with Gasteiger partial charge < -0.3 is 9.84 Å². The van der Waals surface area contributed by atoms with E-state index in [0.29, 0.717) is 11.3 Å². The van der Waals surface area contributed by atoms with Gasteiger partial charge in [-0.15, -0.1) is 0 Å². The van der Waals surface area contributed by atoms with Crippen LogP contribution in [0.1, 0.15) is 6.42 Å². The third-order valence-corrected chi connectivity index (χ3v) is 6.11. The average Bonchev–Trinajstić information content (AvgIpc) is 2.47. The first kappa shape index (κ1) is 15.5. The molecule has 0 amide bonds. The number of carbonyl (C=O) groups is 1. The van der Waals surface area contributed by atoms with Crippen molar-refractivity contribution in [2.45, 2.75) is 23.4 Å². The summed E-state index contributed by atoms with van der Waals surface area (Å²) in [6, 6.07) is 4.48. The zero-order valence-electron chi connectivity index (χ0n) is 11.5. The lowest BCUT2D eigenvalue weighted by Gasteiger charge is -2.44. The molecule has 118 valence electrons. The van der Waals surface area contributed by atoms with Crippen molar-refractivity contribution in [1.82, 2.24) is 4.31 Å². The second-order valence-electron chi connectivity index (χ2n) is 5.21. The molecule has 2 heterocycles. The van der Waals surface area contributed by atoms with Crippen LogP contribution in [0, 0.1) is 0 Å². The number of piperidine rings is 1. The van der Waals surface area contributed by atoms with E-state index in [0.717, 1.165) is 0 Å². The van der Waals surface area contributed by atoms with E-state index < -0.39 is 22.1 Å². The molecule has 0 aromatic heterocycles. The smallest absolute Gasteiger partial charge is 0.244 e. The standard InChI is InChI=1S/C14H14ClNO5S/c15-9-1-3-11(4-2-9)22(19,20)16-10-5-14(18)12(6-17)13(16)8-21-7-10/h1-4,6,10,13,17H,5,7-8H2/b12-6+. The third-order valence-electron chi connectivity index (χ3n) is 3.88. The van der Waals surface area contributed by atoms with Crippen LogP contribution in [0.15, 0.2) is 41.0 Å². The number of ketones is 1. The van der Waals surface area contributed by atoms with Crippen LogP contribution in [0.25, 0.3) is 0 Å². The first-order chi connectivity index (χ1) is 10.4. The monoisotopic (exact) mass is 343 g/mol. The number of benzene rings is 1. The molecule has 0 radical (unpaired) electrons. The first-order valence-corrected chi connectivity index (χ1v) is 8.51. The maximum atomic E-state index is 12.9. The lowest BCUT2D eigenvalue weighted by atomic mass is 9.91. The van der Waals surface area contributed by atoms with E-state index in [4.69, 9.17) is 16.3 Å². The highest BCUT2D eigenvalue weighted by Gasteiger charge is 2.48. The van der Waals surface area contributed by atoms with Crippen LogP contribution in [0.4, 0.5) is 0 Å². The molecular weight excluding hydrogens is 330 g/mol. The Kier molecular flexibility index (Phi) is 3.98. The van der Waals surface area contributed by atoms with E-state index >= 15 is 0 Å². The van der Waals surface area contributed by atoms with Crippen molar-refractivity contribution in [3.8, 4) is 0 Å². The van der Waals surface area contributed by atoms with Gasteiger partial charge in [0, 0.05) is 17.0 Å². The highest BCUT2D eigenvalue weighted by atomic mass is 35.5. The number of morpholine rings is 1. The average molecular weight is 344 g/mol. The van der Waals surface area contributed by atoms with Crippen LogP contribution in [0.5, 0.6) is 0 Å². The highest BCUT2D eigenvalue weighted by Crippen LogP contribution is 2.34. The van der Waals surface area contributed by atoms with Gasteiger partial charge in [-0.2, -0.15) is 4.31 Å². The van der Waals surface area contributed by atoms with Gasteiger partial charge in [0.05, 0.1) is 36.5 Å². The SMILES string of the molecule is O=C1CC2COCC(/C1=C\O)N2S(=O)(=O)c1ccc(Cl)cc1. The molecule has 22 heavy (non-hydrogen) atoms. The molecule has 0 aliphatic carbocycles. The topological polar surface area (TPSA) is 83.9 Å². The Bertz CT molecular complexity index is 728. The normalized spacial score (nSPS) is 28.0. The second-order valence-corrected chi connectivity index (χ2v) is 7.49. The zero-order valence-corrected chi connectivity index (χ0v) is 13.0. The van der Waals surface area contributed by atoms with Gasteiger partial charge in [-0.1, -0.05) is 11.6 Å². The van der Waals surface area contributed by atoms with E-state index in [-0.39, 0.29) is 35.9 Å². The van der Waals surface area contributed by atoms with E-state index in [1.165, 1.54) is 28.6 Å². The predicted molar refractivity (Wildman–Crippen MR) is 79.2 cm³/mol. The minimum Gasteiger partial charge on any atom is -0.515 e. The van der Waals surface area contributed by atoms with Crippen molar-refractivity contribution in [2.24, 2.45) is 0 Å². The number of rotatable bonds is 2. The number of Topliss-reactive ketones (excluding diaryl/α,β-unsaturated/α-hetero) is 1. The Morgan fingerprint density at radius 2 is 1.95 bits per heavy atom. The van der Waals surface area contributed by atoms with Gasteiger partial charge in [-0.25, -0.2) is 8.42 Å². The lowest BCUT2D eigenvalue weighted by molar-refractivity contribution is -0.123. The number of hydrogen-bond donors (Lipinski definition) is 1. The number of fused-ring (bicyclic) bond motifs is 2. The lowest BCUT2D eigenvalue weighted by Crippen LogP contribution is -2.60. The van der Waals surface area contributed by atoms with Crippen molar-refractivity contribution in [1.29, 1.82) is 0 Å². The molecule has 2 bridgehead atoms. The predicted octanol–water partition coefficient (Wildman–Crippen LogP) is 1.51. The summed E-state index contributed by atoms with van der Waals surface area (Å²) in [7, 11) is -3.81. The van der Waals surface area contributed by atoms with Crippen LogP contribution in [-0.2, 0) is 19.6 Å². The summed E-state index contributed by atoms with van der Waals surface area (Å²) in [6.45, 7) is 0.204. The number of aliphatic hydroxyl groups is 1. The maximum absolute atomic E-state index is 12.9. The number of sulfonamides is 1. The Morgan fingerprint density at radius 1 is 1.27 bits per heavy atom. The van der Waals surface area contributed by atoms with Crippen molar-refractivity contribution >= 4 is 27.4 Å². The van der Waals surface area contributed by atoms with Gasteiger partial charge in [-0.05, 0) is 24.3 Å². The summed E-state index contributed by atoms with van der Waals surface area (Å²) in [5.74, 6) is -0.247. The van der Waals surface area contributed by atoms with Gasteiger partial charge in [0.25, 0.3) is 0 Å². The Labute approximate surface area is 133 Å². The third kappa shape index (κ3) is 2.44. The molecule has 2 aliphatic rings. The van der Waals surface area contributed by atoms with Crippen molar-refractivity contribution < 1.29 is 23.1 Å². The summed E-state index contributed by atoms with van der Waals surface area (Å²) >= 11 is 5.79. The number of aliphatic hydroxyl groups excluding tert-OH is 1. The number of halogens is 1. The molecule has 3 rings (SSSR count). The minimum absolute atomic E-state index is 0.00425. The molecule has 0 saturated carbocycles. The largest absolute Gasteiger partial charge is 0.515 e. The summed E-state index contributed by atoms with van der Waals surface area (Å²) < 4.78 is 32.4. The van der Waals surface area contributed by atoms with Gasteiger partial charge in [0.2, 0.25) is 10.0 Å². The quantitative estimate of drug-likeness (QED) is 0.650. The molecule has 2 unspecified atom stereocenters. The molecule has 2 saturated heterocycles. The van der Waals surface area contributed by atoms with Crippen LogP contribution in [0.3, 0.4) is 0 Å². The maximum Gasteiger partial charge on any atom is 0.244 e. The molecule has 2 aliphatic heterocycles. The molecule has 1 aromatic carbocycles. The van der Waals surface area contributed by atoms with Gasteiger partial charge in [0.15, 0.2) is 5.78 Å². The molecular formula is C14H14ClNO5S. The van der Waals surface area contributed by atoms with Crippen molar-refractivity contribution in [3.05, 3.63) is 41.1 Å². The zero-order chi connectivity index (χ0) is 15.9. The number of nitrogens with zero attached hydrogens (tertiary/aromatic N) is 1. The van der Waals surface area contributed by atoms with Crippen molar-refractivity contribution in [2.75, 3.05) is 13.2 Å². The van der Waals surface area contributed by atoms with Crippen LogP contribution in [0.2, 0.25) is 5.02 Å². The molecule has 1 aromatic rings. The Morgan fingerprint density at radius 3 is 2.59 bits per heavy atom. The summed E-state index contributed by atoms with van der Waals surface area (Å²) in [5, 5.41) is 9.72. The van der Waals surface area contributed by atoms with Crippen molar-refractivity contribution in [3.63, 3.8) is 0 Å². The Balaban J connectivity index is 2.05. The molecule has 0 spiro atoms. The number of ether oxygens (including phenoxy) is 1. The van der Waals surface area contributed by atoms with Crippen LogP contribution in [-0.4, -0.2) is 48.9 Å².